The summed E-state index contributed by atoms with van der Waals surface area (Å²) in [5.74, 6) is -1.55. The second-order valence-corrected chi connectivity index (χ2v) is 6.98. The summed E-state index contributed by atoms with van der Waals surface area (Å²) >= 11 is 0. The molecule has 1 heterocycles. The van der Waals surface area contributed by atoms with Crippen LogP contribution in [0.25, 0.3) is 0 Å². The molecule has 28 heavy (non-hydrogen) atoms. The van der Waals surface area contributed by atoms with Crippen LogP contribution in [-0.2, 0) is 16.1 Å². The molecule has 1 aliphatic rings. The highest BCUT2D eigenvalue weighted by molar-refractivity contribution is 5.98. The normalized spacial score (nSPS) is 15.5. The fraction of sp³-hybridized carbons (Fsp3) is 0.632. The maximum atomic E-state index is 12.2. The molecule has 2 N–H and O–H groups in total. The smallest absolute Gasteiger partial charge is 0.359 e. The van der Waals surface area contributed by atoms with Crippen molar-refractivity contribution in [2.24, 2.45) is 0 Å². The van der Waals surface area contributed by atoms with E-state index in [9.17, 15) is 19.2 Å². The maximum Gasteiger partial charge on any atom is 0.359 e. The fourth-order valence-electron chi connectivity index (χ4n) is 2.98. The number of amides is 3. The monoisotopic (exact) mass is 392 g/mol. The molecular weight excluding hydrogens is 364 g/mol. The first-order chi connectivity index (χ1) is 13.4. The number of aromatic nitrogens is 2. The number of ether oxygens (including phenoxy) is 1. The van der Waals surface area contributed by atoms with Crippen LogP contribution >= 0.6 is 0 Å². The van der Waals surface area contributed by atoms with Gasteiger partial charge in [-0.1, -0.05) is 32.6 Å². The number of urea groups is 1. The third-order valence-electron chi connectivity index (χ3n) is 4.63. The van der Waals surface area contributed by atoms with Gasteiger partial charge < -0.3 is 10.1 Å². The average Bonchev–Trinajstić information content (AvgIpc) is 2.67. The molecule has 1 aromatic rings. The number of carbonyl (C=O) groups is 3. The van der Waals surface area contributed by atoms with Crippen LogP contribution in [0.2, 0.25) is 0 Å². The van der Waals surface area contributed by atoms with Crippen molar-refractivity contribution in [2.45, 2.75) is 77.5 Å². The summed E-state index contributed by atoms with van der Waals surface area (Å²) in [7, 11) is 0. The molecule has 0 aromatic carbocycles. The molecule has 0 unspecified atom stereocenters. The molecule has 2 rings (SSSR count). The largest absolute Gasteiger partial charge is 0.448 e. The molecule has 0 saturated heterocycles. The molecule has 0 bridgehead atoms. The number of esters is 1. The molecule has 9 nitrogen and oxygen atoms in total. The van der Waals surface area contributed by atoms with Gasteiger partial charge in [-0.3, -0.25) is 14.9 Å². The number of hydrogen-bond donors (Lipinski definition) is 2. The van der Waals surface area contributed by atoms with Gasteiger partial charge in [0.15, 0.2) is 11.8 Å². The number of nitrogens with one attached hydrogen (secondary N) is 2. The second kappa shape index (κ2) is 10.6. The first-order valence-corrected chi connectivity index (χ1v) is 9.81. The molecule has 0 radical (unpaired) electrons. The Hall–Kier alpha value is -2.71. The van der Waals surface area contributed by atoms with E-state index in [1.807, 2.05) is 6.92 Å². The van der Waals surface area contributed by atoms with Crippen LogP contribution in [0, 0.1) is 0 Å². The summed E-state index contributed by atoms with van der Waals surface area (Å²) in [4.78, 5) is 48.0. The lowest BCUT2D eigenvalue weighted by Gasteiger charge is -2.23. The molecule has 3 amide bonds. The van der Waals surface area contributed by atoms with Gasteiger partial charge in [0.05, 0.1) is 0 Å². The third kappa shape index (κ3) is 6.47. The van der Waals surface area contributed by atoms with E-state index in [1.165, 1.54) is 23.7 Å². The summed E-state index contributed by atoms with van der Waals surface area (Å²) < 4.78 is 6.28. The molecule has 1 saturated carbocycles. The maximum absolute atomic E-state index is 12.2. The summed E-state index contributed by atoms with van der Waals surface area (Å²) in [6, 6.07) is 1.97. The summed E-state index contributed by atoms with van der Waals surface area (Å²) in [6.45, 7) is 3.75. The highest BCUT2D eigenvalue weighted by Gasteiger charge is 2.23. The zero-order valence-electron chi connectivity index (χ0n) is 16.4. The lowest BCUT2D eigenvalue weighted by molar-refractivity contribution is -0.127. The molecule has 0 aliphatic heterocycles. The van der Waals surface area contributed by atoms with E-state index in [-0.39, 0.29) is 17.3 Å². The molecular formula is C19H28N4O5. The quantitative estimate of drug-likeness (QED) is 0.682. The third-order valence-corrected chi connectivity index (χ3v) is 4.63. The fourth-order valence-corrected chi connectivity index (χ4v) is 2.98. The summed E-state index contributed by atoms with van der Waals surface area (Å²) in [6.07, 6.45) is 5.51. The van der Waals surface area contributed by atoms with E-state index in [2.05, 4.69) is 15.7 Å². The first-order valence-electron chi connectivity index (χ1n) is 9.81. The summed E-state index contributed by atoms with van der Waals surface area (Å²) in [5, 5.41) is 8.93. The van der Waals surface area contributed by atoms with Crippen LogP contribution in [0.5, 0.6) is 0 Å². The van der Waals surface area contributed by atoms with Gasteiger partial charge in [0.2, 0.25) is 0 Å². The van der Waals surface area contributed by atoms with Crippen molar-refractivity contribution in [3.8, 4) is 0 Å². The van der Waals surface area contributed by atoms with Gasteiger partial charge in [0.1, 0.15) is 0 Å². The van der Waals surface area contributed by atoms with Gasteiger partial charge >= 0.3 is 12.0 Å². The lowest BCUT2D eigenvalue weighted by Crippen LogP contribution is -2.48. The number of carbonyl (C=O) groups excluding carboxylic acids is 3. The van der Waals surface area contributed by atoms with E-state index in [0.29, 0.717) is 6.54 Å². The zero-order chi connectivity index (χ0) is 20.5. The lowest BCUT2D eigenvalue weighted by atomic mass is 9.96. The van der Waals surface area contributed by atoms with Crippen LogP contribution in [0.1, 0.15) is 69.3 Å². The molecule has 0 spiro atoms. The predicted molar refractivity (Wildman–Crippen MR) is 102 cm³/mol. The SMILES string of the molecule is CCCCn1nc(C(=O)O[C@H](C)C(=O)NC(=O)NC2CCCCC2)ccc1=O. The van der Waals surface area contributed by atoms with Crippen LogP contribution in [0.4, 0.5) is 4.79 Å². The highest BCUT2D eigenvalue weighted by Crippen LogP contribution is 2.17. The minimum Gasteiger partial charge on any atom is -0.448 e. The van der Waals surface area contributed by atoms with Gasteiger partial charge in [-0.25, -0.2) is 14.3 Å². The number of imide groups is 1. The van der Waals surface area contributed by atoms with Crippen LogP contribution < -0.4 is 16.2 Å². The van der Waals surface area contributed by atoms with E-state index in [0.717, 1.165) is 44.9 Å². The van der Waals surface area contributed by atoms with Crippen molar-refractivity contribution in [2.75, 3.05) is 0 Å². The Morgan fingerprint density at radius 3 is 2.64 bits per heavy atom. The molecule has 1 fully saturated rings. The second-order valence-electron chi connectivity index (χ2n) is 6.98. The topological polar surface area (TPSA) is 119 Å². The van der Waals surface area contributed by atoms with Crippen molar-refractivity contribution in [1.29, 1.82) is 0 Å². The van der Waals surface area contributed by atoms with Crippen molar-refractivity contribution in [3.63, 3.8) is 0 Å². The zero-order valence-corrected chi connectivity index (χ0v) is 16.4. The van der Waals surface area contributed by atoms with Crippen LogP contribution in [-0.4, -0.2) is 39.8 Å². The number of hydrogen-bond acceptors (Lipinski definition) is 6. The first kappa shape index (κ1) is 21.6. The highest BCUT2D eigenvalue weighted by atomic mass is 16.5. The van der Waals surface area contributed by atoms with Crippen molar-refractivity contribution in [1.82, 2.24) is 20.4 Å². The minimum atomic E-state index is -1.18. The van der Waals surface area contributed by atoms with Crippen LogP contribution in [0.15, 0.2) is 16.9 Å². The molecule has 154 valence electrons. The van der Waals surface area contributed by atoms with Crippen molar-refractivity contribution < 1.29 is 19.1 Å². The predicted octanol–water partition coefficient (Wildman–Crippen LogP) is 1.75. The van der Waals surface area contributed by atoms with E-state index in [4.69, 9.17) is 4.74 Å². The molecule has 9 heteroatoms. The molecule has 1 aromatic heterocycles. The minimum absolute atomic E-state index is 0.0628. The van der Waals surface area contributed by atoms with Gasteiger partial charge in [-0.2, -0.15) is 5.10 Å². The van der Waals surface area contributed by atoms with E-state index in [1.54, 1.807) is 0 Å². The molecule has 1 aliphatic carbocycles. The Balaban J connectivity index is 1.87. The van der Waals surface area contributed by atoms with E-state index < -0.39 is 24.0 Å². The van der Waals surface area contributed by atoms with Crippen molar-refractivity contribution >= 4 is 17.9 Å². The Kier molecular flexibility index (Phi) is 8.16. The van der Waals surface area contributed by atoms with Gasteiger partial charge in [0, 0.05) is 18.7 Å². The Morgan fingerprint density at radius 1 is 1.25 bits per heavy atom. The number of unbranched alkanes of at least 4 members (excludes halogenated alkanes) is 1. The number of aryl methyl sites for hydroxylation is 1. The van der Waals surface area contributed by atoms with Gasteiger partial charge in [0.25, 0.3) is 11.5 Å². The van der Waals surface area contributed by atoms with E-state index >= 15 is 0 Å². The van der Waals surface area contributed by atoms with Crippen LogP contribution in [0.3, 0.4) is 0 Å². The average molecular weight is 392 g/mol. The van der Waals surface area contributed by atoms with Gasteiger partial charge in [-0.05, 0) is 32.3 Å². The number of nitrogens with zero attached hydrogens (tertiary/aromatic N) is 2. The summed E-state index contributed by atoms with van der Waals surface area (Å²) in [5.41, 5.74) is -0.378. The Morgan fingerprint density at radius 2 is 1.96 bits per heavy atom. The molecule has 1 atom stereocenters. The Bertz CT molecular complexity index is 755. The Labute approximate surface area is 163 Å². The standard InChI is InChI=1S/C19H28N4O5/c1-3-4-12-23-16(24)11-10-15(22-23)18(26)28-13(2)17(25)21-19(27)20-14-8-6-5-7-9-14/h10-11,13-14H,3-9,12H2,1-2H3,(H2,20,21,25,27)/t13-/m1/s1. The van der Waals surface area contributed by atoms with Gasteiger partial charge in [-0.15, -0.1) is 0 Å². The van der Waals surface area contributed by atoms with Crippen molar-refractivity contribution in [3.05, 3.63) is 28.2 Å². The number of rotatable bonds is 7.